The third kappa shape index (κ3) is 1.14. The minimum Gasteiger partial charge on any atom is -0.383 e. The first-order valence-corrected chi connectivity index (χ1v) is 4.64. The summed E-state index contributed by atoms with van der Waals surface area (Å²) in [6, 6.07) is 2.04. The largest absolute Gasteiger partial charge is 0.383 e. The monoisotopic (exact) mass is 251 g/mol. The molecule has 0 aliphatic rings. The lowest BCUT2D eigenvalue weighted by atomic mass is 10.2. The zero-order valence-corrected chi connectivity index (χ0v) is 8.88. The van der Waals surface area contributed by atoms with Crippen molar-refractivity contribution in [2.24, 2.45) is 0 Å². The molecular formula is C8H6BrN5. The second kappa shape index (κ2) is 2.96. The second-order valence-electron chi connectivity index (χ2n) is 2.81. The summed E-state index contributed by atoms with van der Waals surface area (Å²) in [6.45, 7) is 1.75. The molecule has 2 rings (SSSR count). The second-order valence-corrected chi connectivity index (χ2v) is 3.60. The maximum absolute atomic E-state index is 8.89. The molecule has 0 radical (unpaired) electrons. The first kappa shape index (κ1) is 8.97. The van der Waals surface area contributed by atoms with Crippen LogP contribution >= 0.6 is 15.9 Å². The lowest BCUT2D eigenvalue weighted by Crippen LogP contribution is -1.96. The van der Waals surface area contributed by atoms with E-state index in [2.05, 4.69) is 30.9 Å². The van der Waals surface area contributed by atoms with Crippen molar-refractivity contribution in [3.8, 4) is 6.07 Å². The Kier molecular flexibility index (Phi) is 1.89. The lowest BCUT2D eigenvalue weighted by Gasteiger charge is -1.96. The van der Waals surface area contributed by atoms with Crippen LogP contribution < -0.4 is 5.73 Å². The number of hydrogen-bond acceptors (Lipinski definition) is 4. The molecule has 0 aromatic carbocycles. The molecule has 0 amide bonds. The van der Waals surface area contributed by atoms with Crippen LogP contribution in [0.4, 0.5) is 5.82 Å². The SMILES string of the molecule is Cc1nc(N)c2c(C#N)c(Br)[nH]c2n1. The number of rotatable bonds is 0. The fraction of sp³-hybridized carbons (Fsp3) is 0.125. The Labute approximate surface area is 88.1 Å². The molecule has 3 N–H and O–H groups in total. The van der Waals surface area contributed by atoms with E-state index in [9.17, 15) is 0 Å². The van der Waals surface area contributed by atoms with E-state index in [1.165, 1.54) is 0 Å². The molecule has 0 atom stereocenters. The summed E-state index contributed by atoms with van der Waals surface area (Å²) in [5, 5.41) is 9.46. The number of nitriles is 1. The number of hydrogen-bond donors (Lipinski definition) is 2. The number of halogens is 1. The number of nitrogen functional groups attached to an aromatic ring is 1. The lowest BCUT2D eigenvalue weighted by molar-refractivity contribution is 1.09. The molecule has 70 valence electrons. The molecule has 14 heavy (non-hydrogen) atoms. The van der Waals surface area contributed by atoms with E-state index < -0.39 is 0 Å². The van der Waals surface area contributed by atoms with Gasteiger partial charge in [-0.3, -0.25) is 0 Å². The van der Waals surface area contributed by atoms with Gasteiger partial charge in [0.25, 0.3) is 0 Å². The molecule has 0 aliphatic carbocycles. The van der Waals surface area contributed by atoms with Crippen molar-refractivity contribution in [2.75, 3.05) is 5.73 Å². The van der Waals surface area contributed by atoms with Crippen LogP contribution in [0, 0.1) is 18.3 Å². The first-order valence-electron chi connectivity index (χ1n) is 3.85. The fourth-order valence-electron chi connectivity index (χ4n) is 1.31. The summed E-state index contributed by atoms with van der Waals surface area (Å²) >= 11 is 3.23. The van der Waals surface area contributed by atoms with Crippen LogP contribution in [0.15, 0.2) is 4.60 Å². The van der Waals surface area contributed by atoms with Crippen molar-refractivity contribution >= 4 is 32.8 Å². The molecule has 2 heterocycles. The van der Waals surface area contributed by atoms with Crippen molar-refractivity contribution in [3.63, 3.8) is 0 Å². The van der Waals surface area contributed by atoms with E-state index in [1.54, 1.807) is 6.92 Å². The van der Waals surface area contributed by atoms with Crippen molar-refractivity contribution in [3.05, 3.63) is 16.0 Å². The van der Waals surface area contributed by atoms with Crippen LogP contribution in [0.1, 0.15) is 11.4 Å². The molecule has 0 aliphatic heterocycles. The number of fused-ring (bicyclic) bond motifs is 1. The van der Waals surface area contributed by atoms with Crippen LogP contribution in [-0.4, -0.2) is 15.0 Å². The number of aryl methyl sites for hydroxylation is 1. The Morgan fingerprint density at radius 1 is 1.50 bits per heavy atom. The van der Waals surface area contributed by atoms with Gasteiger partial charge in [0.1, 0.15) is 28.0 Å². The maximum Gasteiger partial charge on any atom is 0.145 e. The number of nitrogens with two attached hydrogens (primary N) is 1. The third-order valence-electron chi connectivity index (χ3n) is 1.86. The molecule has 0 fully saturated rings. The highest BCUT2D eigenvalue weighted by Gasteiger charge is 2.14. The molecule has 0 saturated heterocycles. The summed E-state index contributed by atoms with van der Waals surface area (Å²) < 4.78 is 0.585. The smallest absolute Gasteiger partial charge is 0.145 e. The Balaban J connectivity index is 2.97. The molecule has 0 spiro atoms. The molecular weight excluding hydrogens is 246 g/mol. The number of H-pyrrole nitrogens is 1. The minimum absolute atomic E-state index is 0.325. The van der Waals surface area contributed by atoms with E-state index >= 15 is 0 Å². The molecule has 0 saturated carbocycles. The molecule has 5 nitrogen and oxygen atoms in total. The van der Waals surface area contributed by atoms with Gasteiger partial charge in [-0.05, 0) is 22.9 Å². The number of anilines is 1. The zero-order chi connectivity index (χ0) is 10.3. The molecule has 6 heteroatoms. The average Bonchev–Trinajstić information content (AvgIpc) is 2.40. The van der Waals surface area contributed by atoms with Gasteiger partial charge in [0, 0.05) is 0 Å². The molecule has 2 aromatic heterocycles. The van der Waals surface area contributed by atoms with Crippen molar-refractivity contribution in [1.29, 1.82) is 5.26 Å². The van der Waals surface area contributed by atoms with Gasteiger partial charge in [0.05, 0.1) is 10.9 Å². The maximum atomic E-state index is 8.89. The van der Waals surface area contributed by atoms with E-state index in [-0.39, 0.29) is 0 Å². The summed E-state index contributed by atoms with van der Waals surface area (Å²) in [7, 11) is 0. The van der Waals surface area contributed by atoms with Crippen molar-refractivity contribution in [1.82, 2.24) is 15.0 Å². The van der Waals surface area contributed by atoms with E-state index in [0.717, 1.165) is 0 Å². The van der Waals surface area contributed by atoms with Crippen LogP contribution in [0.25, 0.3) is 11.0 Å². The summed E-state index contributed by atoms with van der Waals surface area (Å²) in [5.41, 5.74) is 6.73. The molecule has 0 unspecified atom stereocenters. The average molecular weight is 252 g/mol. The van der Waals surface area contributed by atoms with Crippen LogP contribution in [-0.2, 0) is 0 Å². The third-order valence-corrected chi connectivity index (χ3v) is 2.45. The van der Waals surface area contributed by atoms with Gasteiger partial charge in [-0.2, -0.15) is 5.26 Å². The van der Waals surface area contributed by atoms with Gasteiger partial charge >= 0.3 is 0 Å². The van der Waals surface area contributed by atoms with Gasteiger partial charge in [0.15, 0.2) is 0 Å². The minimum atomic E-state index is 0.325. The Morgan fingerprint density at radius 3 is 2.86 bits per heavy atom. The van der Waals surface area contributed by atoms with Crippen LogP contribution in [0.2, 0.25) is 0 Å². The normalized spacial score (nSPS) is 10.4. The topological polar surface area (TPSA) is 91.4 Å². The zero-order valence-electron chi connectivity index (χ0n) is 7.30. The van der Waals surface area contributed by atoms with E-state index in [1.807, 2.05) is 6.07 Å². The van der Waals surface area contributed by atoms with E-state index in [4.69, 9.17) is 11.0 Å². The van der Waals surface area contributed by atoms with Gasteiger partial charge in [-0.15, -0.1) is 0 Å². The standard InChI is InChI=1S/C8H6BrN5/c1-3-12-7(11)5-4(2-10)6(9)14-8(5)13-3/h1H3,(H3,11,12,13,14). The van der Waals surface area contributed by atoms with Crippen molar-refractivity contribution < 1.29 is 0 Å². The van der Waals surface area contributed by atoms with Crippen LogP contribution in [0.3, 0.4) is 0 Å². The highest BCUT2D eigenvalue weighted by atomic mass is 79.9. The highest BCUT2D eigenvalue weighted by molar-refractivity contribution is 9.10. The van der Waals surface area contributed by atoms with Gasteiger partial charge < -0.3 is 10.7 Å². The van der Waals surface area contributed by atoms with E-state index in [0.29, 0.717) is 32.8 Å². The Bertz CT molecular complexity index is 551. The Hall–Kier alpha value is -1.61. The predicted octanol–water partition coefficient (Wildman–Crippen LogP) is 1.48. The van der Waals surface area contributed by atoms with Crippen LogP contribution in [0.5, 0.6) is 0 Å². The van der Waals surface area contributed by atoms with Gasteiger partial charge in [0.2, 0.25) is 0 Å². The number of nitrogens with one attached hydrogen (secondary N) is 1. The quantitative estimate of drug-likeness (QED) is 0.742. The number of aromatic amines is 1. The molecule has 2 aromatic rings. The Morgan fingerprint density at radius 2 is 2.21 bits per heavy atom. The summed E-state index contributed by atoms with van der Waals surface area (Å²) in [6.07, 6.45) is 0. The fourth-order valence-corrected chi connectivity index (χ4v) is 1.79. The van der Waals surface area contributed by atoms with Gasteiger partial charge in [-0.1, -0.05) is 0 Å². The predicted molar refractivity (Wildman–Crippen MR) is 55.5 cm³/mol. The van der Waals surface area contributed by atoms with Gasteiger partial charge in [-0.25, -0.2) is 9.97 Å². The van der Waals surface area contributed by atoms with Crippen molar-refractivity contribution in [2.45, 2.75) is 6.92 Å². The number of nitrogens with zero attached hydrogens (tertiary/aromatic N) is 3. The molecule has 0 bridgehead atoms. The summed E-state index contributed by atoms with van der Waals surface area (Å²) in [5.74, 6) is 0.902. The first-order chi connectivity index (χ1) is 6.63. The summed E-state index contributed by atoms with van der Waals surface area (Å²) in [4.78, 5) is 11.1. The highest BCUT2D eigenvalue weighted by Crippen LogP contribution is 2.27. The number of aromatic nitrogens is 3.